The number of nitrogens with two attached hydrogens (primary N) is 2. The molecule has 98 valence electrons. The molecule has 0 unspecified atom stereocenters. The number of rotatable bonds is 5. The maximum atomic E-state index is 11.9. The highest BCUT2D eigenvalue weighted by atomic mass is 16.2. The molecule has 0 saturated carbocycles. The molecular formula is C11H17N5O2. The summed E-state index contributed by atoms with van der Waals surface area (Å²) in [4.78, 5) is 26.7. The first-order chi connectivity index (χ1) is 8.34. The number of nitrogens with zero attached hydrogens (tertiary/aromatic N) is 1. The van der Waals surface area contributed by atoms with E-state index in [1.165, 1.54) is 12.3 Å². The Morgan fingerprint density at radius 3 is 2.50 bits per heavy atom. The van der Waals surface area contributed by atoms with E-state index in [0.717, 1.165) is 0 Å². The van der Waals surface area contributed by atoms with Crippen LogP contribution in [-0.2, 0) is 4.79 Å². The first-order valence-corrected chi connectivity index (χ1v) is 5.37. The van der Waals surface area contributed by atoms with Crippen LogP contribution >= 0.6 is 0 Å². The summed E-state index contributed by atoms with van der Waals surface area (Å²) < 4.78 is 0. The van der Waals surface area contributed by atoms with Crippen LogP contribution in [0.25, 0.3) is 0 Å². The number of hydrogen-bond acceptors (Lipinski definition) is 5. The smallest absolute Gasteiger partial charge is 0.270 e. The van der Waals surface area contributed by atoms with Crippen LogP contribution < -0.4 is 22.3 Å². The van der Waals surface area contributed by atoms with E-state index >= 15 is 0 Å². The third-order valence-electron chi connectivity index (χ3n) is 2.23. The molecular weight excluding hydrogens is 234 g/mol. The number of nitrogens with one attached hydrogen (secondary N) is 2. The molecule has 0 bridgehead atoms. The van der Waals surface area contributed by atoms with Gasteiger partial charge >= 0.3 is 0 Å². The summed E-state index contributed by atoms with van der Waals surface area (Å²) >= 11 is 0. The highest BCUT2D eigenvalue weighted by Gasteiger charge is 2.23. The Bertz CT molecular complexity index is 441. The normalized spacial score (nSPS) is 10.8. The van der Waals surface area contributed by atoms with Crippen LogP contribution in [0.2, 0.25) is 0 Å². The molecule has 1 heterocycles. The highest BCUT2D eigenvalue weighted by Crippen LogP contribution is 2.10. The maximum absolute atomic E-state index is 11.9. The maximum Gasteiger partial charge on any atom is 0.270 e. The standard InChI is InChI=1S/C11H17N5O2/c1-11(2,5-9(12)17)15-10(18)8-4-3-7(16-13)6-14-8/h3-4,6,16H,5,13H2,1-2H3,(H2,12,17)(H,15,18). The lowest BCUT2D eigenvalue weighted by atomic mass is 10.00. The molecule has 0 radical (unpaired) electrons. The van der Waals surface area contributed by atoms with Crippen molar-refractivity contribution in [1.29, 1.82) is 0 Å². The molecule has 1 rings (SSSR count). The van der Waals surface area contributed by atoms with Crippen molar-refractivity contribution in [3.8, 4) is 0 Å². The molecule has 2 amide bonds. The second kappa shape index (κ2) is 5.46. The number of pyridine rings is 1. The molecule has 0 aliphatic carbocycles. The number of carbonyl (C=O) groups is 2. The van der Waals surface area contributed by atoms with Crippen molar-refractivity contribution < 1.29 is 9.59 Å². The average molecular weight is 251 g/mol. The number of hydrogen-bond donors (Lipinski definition) is 4. The van der Waals surface area contributed by atoms with Gasteiger partial charge in [0, 0.05) is 12.0 Å². The minimum absolute atomic E-state index is 0.0567. The van der Waals surface area contributed by atoms with Crippen LogP contribution in [0.3, 0.4) is 0 Å². The number of aromatic nitrogens is 1. The van der Waals surface area contributed by atoms with Crippen molar-refractivity contribution in [2.24, 2.45) is 11.6 Å². The molecule has 0 aliphatic heterocycles. The van der Waals surface area contributed by atoms with E-state index < -0.39 is 11.4 Å². The number of carbonyl (C=O) groups excluding carboxylic acids is 2. The number of amides is 2. The van der Waals surface area contributed by atoms with E-state index in [9.17, 15) is 9.59 Å². The van der Waals surface area contributed by atoms with Gasteiger partial charge in [0.25, 0.3) is 5.91 Å². The van der Waals surface area contributed by atoms with E-state index in [-0.39, 0.29) is 18.0 Å². The second-order valence-corrected chi connectivity index (χ2v) is 4.56. The second-order valence-electron chi connectivity index (χ2n) is 4.56. The molecule has 6 N–H and O–H groups in total. The van der Waals surface area contributed by atoms with Crippen LogP contribution in [0.1, 0.15) is 30.8 Å². The Labute approximate surface area is 105 Å². The van der Waals surface area contributed by atoms with Gasteiger partial charge in [-0.15, -0.1) is 0 Å². The van der Waals surface area contributed by atoms with Gasteiger partial charge in [-0.1, -0.05) is 0 Å². The number of nitrogen functional groups attached to an aromatic ring is 1. The summed E-state index contributed by atoms with van der Waals surface area (Å²) in [5.41, 5.74) is 7.64. The minimum atomic E-state index is -0.713. The van der Waals surface area contributed by atoms with Crippen LogP contribution in [0, 0.1) is 0 Å². The lowest BCUT2D eigenvalue weighted by Crippen LogP contribution is -2.46. The van der Waals surface area contributed by atoms with Gasteiger partial charge in [0.05, 0.1) is 11.9 Å². The summed E-state index contributed by atoms with van der Waals surface area (Å²) in [6.07, 6.45) is 1.50. The molecule has 0 fully saturated rings. The third kappa shape index (κ3) is 4.02. The number of hydrazine groups is 1. The van der Waals surface area contributed by atoms with Crippen LogP contribution in [-0.4, -0.2) is 22.3 Å². The quantitative estimate of drug-likeness (QED) is 0.424. The summed E-state index contributed by atoms with van der Waals surface area (Å²) in [5.74, 6) is 4.34. The van der Waals surface area contributed by atoms with E-state index in [0.29, 0.717) is 5.69 Å². The van der Waals surface area contributed by atoms with E-state index in [1.807, 2.05) is 0 Å². The fourth-order valence-electron chi connectivity index (χ4n) is 1.46. The first-order valence-electron chi connectivity index (χ1n) is 5.37. The predicted molar refractivity (Wildman–Crippen MR) is 67.4 cm³/mol. The predicted octanol–water partition coefficient (Wildman–Crippen LogP) is -0.249. The van der Waals surface area contributed by atoms with Crippen molar-refractivity contribution in [3.05, 3.63) is 24.0 Å². The highest BCUT2D eigenvalue weighted by molar-refractivity contribution is 5.93. The topological polar surface area (TPSA) is 123 Å². The average Bonchev–Trinajstić information content (AvgIpc) is 2.26. The fourth-order valence-corrected chi connectivity index (χ4v) is 1.46. The Kier molecular flexibility index (Phi) is 4.22. The van der Waals surface area contributed by atoms with Crippen LogP contribution in [0.5, 0.6) is 0 Å². The van der Waals surface area contributed by atoms with Crippen molar-refractivity contribution in [1.82, 2.24) is 10.3 Å². The lowest BCUT2D eigenvalue weighted by molar-refractivity contribution is -0.119. The third-order valence-corrected chi connectivity index (χ3v) is 2.23. The van der Waals surface area contributed by atoms with Gasteiger partial charge < -0.3 is 16.5 Å². The molecule has 0 saturated heterocycles. The molecule has 7 heteroatoms. The Morgan fingerprint density at radius 2 is 2.06 bits per heavy atom. The van der Waals surface area contributed by atoms with Gasteiger partial charge in [0.15, 0.2) is 0 Å². The van der Waals surface area contributed by atoms with Gasteiger partial charge in [-0.2, -0.15) is 0 Å². The zero-order valence-electron chi connectivity index (χ0n) is 10.4. The molecule has 1 aromatic heterocycles. The molecule has 0 aliphatic rings. The lowest BCUT2D eigenvalue weighted by Gasteiger charge is -2.24. The van der Waals surface area contributed by atoms with Crippen molar-refractivity contribution in [3.63, 3.8) is 0 Å². The Hall–Kier alpha value is -2.15. The Balaban J connectivity index is 2.72. The van der Waals surface area contributed by atoms with Crippen molar-refractivity contribution in [2.45, 2.75) is 25.8 Å². The fraction of sp³-hybridized carbons (Fsp3) is 0.364. The first kappa shape index (κ1) is 13.9. The van der Waals surface area contributed by atoms with Crippen molar-refractivity contribution >= 4 is 17.5 Å². The van der Waals surface area contributed by atoms with Gasteiger partial charge in [-0.05, 0) is 26.0 Å². The summed E-state index contributed by atoms with van der Waals surface area (Å²) in [6, 6.07) is 3.16. The number of primary amides is 1. The van der Waals surface area contributed by atoms with Gasteiger partial charge in [-0.3, -0.25) is 15.4 Å². The number of anilines is 1. The molecule has 18 heavy (non-hydrogen) atoms. The van der Waals surface area contributed by atoms with Gasteiger partial charge in [0.2, 0.25) is 5.91 Å². The SMILES string of the molecule is CC(C)(CC(N)=O)NC(=O)c1ccc(NN)cn1. The van der Waals surface area contributed by atoms with Gasteiger partial charge in [-0.25, -0.2) is 4.98 Å². The van der Waals surface area contributed by atoms with E-state index in [2.05, 4.69) is 15.7 Å². The largest absolute Gasteiger partial charge is 0.370 e. The zero-order chi connectivity index (χ0) is 13.8. The zero-order valence-corrected chi connectivity index (χ0v) is 10.4. The van der Waals surface area contributed by atoms with E-state index in [4.69, 9.17) is 11.6 Å². The molecule has 0 spiro atoms. The monoisotopic (exact) mass is 251 g/mol. The molecule has 0 aromatic carbocycles. The van der Waals surface area contributed by atoms with Crippen molar-refractivity contribution in [2.75, 3.05) is 5.43 Å². The molecule has 0 atom stereocenters. The van der Waals surface area contributed by atoms with Crippen LogP contribution in [0.15, 0.2) is 18.3 Å². The summed E-state index contributed by atoms with van der Waals surface area (Å²) in [6.45, 7) is 3.43. The Morgan fingerprint density at radius 1 is 1.39 bits per heavy atom. The van der Waals surface area contributed by atoms with Gasteiger partial charge in [0.1, 0.15) is 5.69 Å². The molecule has 1 aromatic rings. The molecule has 7 nitrogen and oxygen atoms in total. The van der Waals surface area contributed by atoms with Crippen LogP contribution in [0.4, 0.5) is 5.69 Å². The van der Waals surface area contributed by atoms with E-state index in [1.54, 1.807) is 19.9 Å². The summed E-state index contributed by atoms with van der Waals surface area (Å²) in [7, 11) is 0. The minimum Gasteiger partial charge on any atom is -0.370 e. The summed E-state index contributed by atoms with van der Waals surface area (Å²) in [5, 5.41) is 2.69.